The molecule has 0 radical (unpaired) electrons. The van der Waals surface area contributed by atoms with Crippen LogP contribution in [0.25, 0.3) is 0 Å². The van der Waals surface area contributed by atoms with Crippen LogP contribution in [-0.2, 0) is 6.42 Å². The summed E-state index contributed by atoms with van der Waals surface area (Å²) in [4.78, 5) is 18.8. The Labute approximate surface area is 125 Å². The van der Waals surface area contributed by atoms with Gasteiger partial charge in [-0.15, -0.1) is 11.3 Å². The number of aromatic nitrogens is 1. The minimum Gasteiger partial charge on any atom is -0.341 e. The summed E-state index contributed by atoms with van der Waals surface area (Å²) in [6.45, 7) is 2.70. The molecule has 0 N–H and O–H groups in total. The van der Waals surface area contributed by atoms with Crippen LogP contribution in [0.4, 0.5) is 0 Å². The van der Waals surface area contributed by atoms with Gasteiger partial charge < -0.3 is 4.90 Å². The summed E-state index contributed by atoms with van der Waals surface area (Å²) in [5, 5.41) is 0. The van der Waals surface area contributed by atoms with Gasteiger partial charge in [-0.25, -0.2) is 0 Å². The number of carbonyl (C=O) groups is 1. The minimum atomic E-state index is 0.0767. The number of hydrogen-bond donors (Lipinski definition) is 0. The molecule has 0 fully saturated rings. The number of thiophene rings is 1. The van der Waals surface area contributed by atoms with Gasteiger partial charge in [-0.05, 0) is 58.6 Å². The van der Waals surface area contributed by atoms with Crippen LogP contribution < -0.4 is 0 Å². The number of aryl methyl sites for hydroxylation is 1. The number of nitrogens with zero attached hydrogens (tertiary/aromatic N) is 2. The molecule has 2 heterocycles. The van der Waals surface area contributed by atoms with E-state index in [0.717, 1.165) is 20.6 Å². The van der Waals surface area contributed by atoms with Crippen LogP contribution in [0, 0.1) is 6.92 Å². The molecule has 100 valence electrons. The molecule has 0 saturated heterocycles. The van der Waals surface area contributed by atoms with Crippen LogP contribution in [0.3, 0.4) is 0 Å². The fourth-order valence-electron chi connectivity index (χ4n) is 1.70. The molecule has 19 heavy (non-hydrogen) atoms. The fourth-order valence-corrected chi connectivity index (χ4v) is 3.23. The van der Waals surface area contributed by atoms with Crippen LogP contribution >= 0.6 is 27.3 Å². The van der Waals surface area contributed by atoms with Gasteiger partial charge in [-0.3, -0.25) is 9.78 Å². The minimum absolute atomic E-state index is 0.0767. The molecule has 0 atom stereocenters. The highest BCUT2D eigenvalue weighted by molar-refractivity contribution is 9.11. The number of hydrogen-bond acceptors (Lipinski definition) is 3. The average Bonchev–Trinajstić information content (AvgIpc) is 2.76. The zero-order chi connectivity index (χ0) is 13.8. The Bertz CT molecular complexity index is 549. The van der Waals surface area contributed by atoms with Crippen LogP contribution in [0.1, 0.15) is 20.8 Å². The largest absolute Gasteiger partial charge is 0.341 e. The fraction of sp³-hybridized carbons (Fsp3) is 0.286. The van der Waals surface area contributed by atoms with Crippen LogP contribution in [0.5, 0.6) is 0 Å². The smallest absolute Gasteiger partial charge is 0.263 e. The second-order valence-corrected chi connectivity index (χ2v) is 6.77. The van der Waals surface area contributed by atoms with Crippen molar-refractivity contribution in [1.29, 1.82) is 0 Å². The van der Waals surface area contributed by atoms with Crippen molar-refractivity contribution in [3.63, 3.8) is 0 Å². The van der Waals surface area contributed by atoms with Crippen LogP contribution in [0.2, 0.25) is 0 Å². The average molecular weight is 339 g/mol. The van der Waals surface area contributed by atoms with Crippen molar-refractivity contribution >= 4 is 33.2 Å². The predicted molar refractivity (Wildman–Crippen MR) is 81.7 cm³/mol. The first kappa shape index (κ1) is 14.2. The van der Waals surface area contributed by atoms with Crippen molar-refractivity contribution < 1.29 is 4.79 Å². The highest BCUT2D eigenvalue weighted by Crippen LogP contribution is 2.28. The molecule has 0 aliphatic carbocycles. The number of pyridine rings is 1. The first-order valence-electron chi connectivity index (χ1n) is 5.98. The molecule has 0 bridgehead atoms. The van der Waals surface area contributed by atoms with Gasteiger partial charge in [0.25, 0.3) is 5.91 Å². The van der Waals surface area contributed by atoms with E-state index in [1.807, 2.05) is 32.2 Å². The molecule has 0 spiro atoms. The molecule has 0 unspecified atom stereocenters. The van der Waals surface area contributed by atoms with E-state index in [1.165, 1.54) is 16.9 Å². The Balaban J connectivity index is 1.96. The summed E-state index contributed by atoms with van der Waals surface area (Å²) in [7, 11) is 1.84. The van der Waals surface area contributed by atoms with E-state index in [0.29, 0.717) is 6.54 Å². The molecule has 5 heteroatoms. The quantitative estimate of drug-likeness (QED) is 0.854. The van der Waals surface area contributed by atoms with Crippen molar-refractivity contribution in [1.82, 2.24) is 9.88 Å². The molecule has 0 aliphatic heterocycles. The first-order valence-corrected chi connectivity index (χ1v) is 7.59. The lowest BCUT2D eigenvalue weighted by atomic mass is 10.2. The lowest BCUT2D eigenvalue weighted by molar-refractivity contribution is 0.0801. The maximum absolute atomic E-state index is 12.2. The summed E-state index contributed by atoms with van der Waals surface area (Å²) in [6.07, 6.45) is 4.39. The molecule has 0 aliphatic rings. The molecule has 0 saturated carbocycles. The van der Waals surface area contributed by atoms with E-state index in [-0.39, 0.29) is 5.91 Å². The van der Waals surface area contributed by atoms with E-state index in [1.54, 1.807) is 17.3 Å². The lowest BCUT2D eigenvalue weighted by Crippen LogP contribution is -2.28. The van der Waals surface area contributed by atoms with Gasteiger partial charge in [-0.2, -0.15) is 0 Å². The summed E-state index contributed by atoms with van der Waals surface area (Å²) in [6, 6.07) is 5.88. The highest BCUT2D eigenvalue weighted by Gasteiger charge is 2.15. The number of rotatable bonds is 4. The van der Waals surface area contributed by atoms with Gasteiger partial charge in [-0.1, -0.05) is 0 Å². The standard InChI is InChI=1S/C14H15BrN2OS/c1-10-9-12(19-13(10)15)14(18)17(2)8-5-11-3-6-16-7-4-11/h3-4,6-7,9H,5,8H2,1-2H3. The predicted octanol–water partition coefficient (Wildman–Crippen LogP) is 3.53. The maximum atomic E-state index is 12.2. The summed E-state index contributed by atoms with van der Waals surface area (Å²) < 4.78 is 1.03. The van der Waals surface area contributed by atoms with E-state index in [4.69, 9.17) is 0 Å². The van der Waals surface area contributed by atoms with E-state index in [9.17, 15) is 4.79 Å². The number of likely N-dealkylation sites (N-methyl/N-ethyl adjacent to an activating group) is 1. The topological polar surface area (TPSA) is 33.2 Å². The third kappa shape index (κ3) is 3.64. The zero-order valence-corrected chi connectivity index (χ0v) is 13.3. The van der Waals surface area contributed by atoms with Gasteiger partial charge in [0.05, 0.1) is 8.66 Å². The number of halogens is 1. The van der Waals surface area contributed by atoms with Gasteiger partial charge in [0.1, 0.15) is 0 Å². The van der Waals surface area contributed by atoms with Crippen molar-refractivity contribution in [2.45, 2.75) is 13.3 Å². The Hall–Kier alpha value is -1.20. The van der Waals surface area contributed by atoms with Crippen LogP contribution in [-0.4, -0.2) is 29.4 Å². The first-order chi connectivity index (χ1) is 9.08. The molecule has 0 aromatic carbocycles. The van der Waals surface area contributed by atoms with E-state index >= 15 is 0 Å². The Kier molecular flexibility index (Phi) is 4.71. The second-order valence-electron chi connectivity index (χ2n) is 4.40. The number of amides is 1. The van der Waals surface area contributed by atoms with E-state index in [2.05, 4.69) is 20.9 Å². The molecular formula is C14H15BrN2OS. The molecular weight excluding hydrogens is 324 g/mol. The van der Waals surface area contributed by atoms with Gasteiger partial charge in [0.15, 0.2) is 0 Å². The summed E-state index contributed by atoms with van der Waals surface area (Å²) in [5.41, 5.74) is 2.30. The van der Waals surface area contributed by atoms with Gasteiger partial charge >= 0.3 is 0 Å². The van der Waals surface area contributed by atoms with Crippen molar-refractivity contribution in [2.75, 3.05) is 13.6 Å². The molecule has 2 aromatic heterocycles. The Morgan fingerprint density at radius 1 is 1.42 bits per heavy atom. The third-order valence-corrected chi connectivity index (χ3v) is 5.02. The third-order valence-electron chi connectivity index (χ3n) is 2.90. The lowest BCUT2D eigenvalue weighted by Gasteiger charge is -2.16. The molecule has 1 amide bonds. The van der Waals surface area contributed by atoms with Crippen molar-refractivity contribution in [3.8, 4) is 0 Å². The van der Waals surface area contributed by atoms with Crippen molar-refractivity contribution in [3.05, 3.63) is 50.4 Å². The number of carbonyl (C=O) groups excluding carboxylic acids is 1. The normalized spacial score (nSPS) is 10.5. The van der Waals surface area contributed by atoms with Crippen molar-refractivity contribution in [2.24, 2.45) is 0 Å². The maximum Gasteiger partial charge on any atom is 0.263 e. The van der Waals surface area contributed by atoms with Gasteiger partial charge in [0.2, 0.25) is 0 Å². The highest BCUT2D eigenvalue weighted by atomic mass is 79.9. The summed E-state index contributed by atoms with van der Waals surface area (Å²) >= 11 is 4.94. The summed E-state index contributed by atoms with van der Waals surface area (Å²) in [5.74, 6) is 0.0767. The monoisotopic (exact) mass is 338 g/mol. The van der Waals surface area contributed by atoms with E-state index < -0.39 is 0 Å². The second kappa shape index (κ2) is 6.30. The van der Waals surface area contributed by atoms with Gasteiger partial charge in [0, 0.05) is 26.0 Å². The molecule has 2 aromatic rings. The Morgan fingerprint density at radius 2 is 2.11 bits per heavy atom. The molecule has 3 nitrogen and oxygen atoms in total. The Morgan fingerprint density at radius 3 is 2.68 bits per heavy atom. The van der Waals surface area contributed by atoms with Crippen LogP contribution in [0.15, 0.2) is 34.4 Å². The molecule has 2 rings (SSSR count). The zero-order valence-electron chi connectivity index (χ0n) is 10.9. The SMILES string of the molecule is Cc1cc(C(=O)N(C)CCc2ccncc2)sc1Br.